The van der Waals surface area contributed by atoms with Gasteiger partial charge in [-0.15, -0.1) is 11.3 Å². The van der Waals surface area contributed by atoms with Gasteiger partial charge in [0.1, 0.15) is 10.6 Å². The predicted molar refractivity (Wildman–Crippen MR) is 102 cm³/mol. The van der Waals surface area contributed by atoms with Gasteiger partial charge in [-0.2, -0.15) is 8.42 Å². The van der Waals surface area contributed by atoms with E-state index >= 15 is 0 Å². The average Bonchev–Trinajstić information content (AvgIpc) is 3.06. The van der Waals surface area contributed by atoms with Crippen molar-refractivity contribution in [2.24, 2.45) is 0 Å². The predicted octanol–water partition coefficient (Wildman–Crippen LogP) is 2.11. The Morgan fingerprint density at radius 3 is 2.03 bits per heavy atom. The number of esters is 3. The van der Waals surface area contributed by atoms with E-state index in [0.29, 0.717) is 16.9 Å². The molecule has 0 spiro atoms. The van der Waals surface area contributed by atoms with Gasteiger partial charge in [0.25, 0.3) is 0 Å². The van der Waals surface area contributed by atoms with E-state index in [1.54, 1.807) is 0 Å². The Kier molecular flexibility index (Phi) is 6.98. The van der Waals surface area contributed by atoms with E-state index in [-0.39, 0.29) is 28.2 Å². The molecule has 2 rings (SSSR count). The summed E-state index contributed by atoms with van der Waals surface area (Å²) < 4.78 is 44.0. The zero-order valence-corrected chi connectivity index (χ0v) is 17.6. The lowest BCUT2D eigenvalue weighted by atomic mass is 10.1. The molecule has 9 nitrogen and oxygen atoms in total. The minimum atomic E-state index is -4.46. The molecule has 0 radical (unpaired) electrons. The first-order valence-corrected chi connectivity index (χ1v) is 10.3. The average molecular weight is 442 g/mol. The van der Waals surface area contributed by atoms with Crippen LogP contribution < -0.4 is 4.18 Å². The molecule has 0 bridgehead atoms. The largest absolute Gasteiger partial charge is 0.469 e. The minimum Gasteiger partial charge on any atom is -0.469 e. The highest BCUT2D eigenvalue weighted by atomic mass is 32.3. The SMILES string of the molecule is COC(=O)Cc1ccc(OS(=O)(=O)c2sc(C(=O)OC)c(C)c2C(=O)OC)cc1. The van der Waals surface area contributed by atoms with Crippen molar-refractivity contribution in [1.82, 2.24) is 0 Å². The fourth-order valence-corrected chi connectivity index (χ4v) is 4.99. The summed E-state index contributed by atoms with van der Waals surface area (Å²) in [6, 6.07) is 5.72. The van der Waals surface area contributed by atoms with E-state index < -0.39 is 32.2 Å². The van der Waals surface area contributed by atoms with Crippen LogP contribution in [-0.4, -0.2) is 47.7 Å². The molecule has 0 amide bonds. The van der Waals surface area contributed by atoms with Gasteiger partial charge in [0.15, 0.2) is 4.21 Å². The Labute approximate surface area is 171 Å². The van der Waals surface area contributed by atoms with Crippen LogP contribution in [0.15, 0.2) is 28.5 Å². The van der Waals surface area contributed by atoms with Crippen LogP contribution in [0.4, 0.5) is 0 Å². The second kappa shape index (κ2) is 9.05. The van der Waals surface area contributed by atoms with Crippen molar-refractivity contribution in [2.45, 2.75) is 17.6 Å². The lowest BCUT2D eigenvalue weighted by Crippen LogP contribution is -2.14. The van der Waals surface area contributed by atoms with Gasteiger partial charge in [0.05, 0.1) is 33.3 Å². The van der Waals surface area contributed by atoms with E-state index in [1.807, 2.05) is 0 Å². The maximum atomic E-state index is 12.8. The summed E-state index contributed by atoms with van der Waals surface area (Å²) in [7, 11) is -0.973. The molecular weight excluding hydrogens is 424 g/mol. The third-order valence-corrected chi connectivity index (χ3v) is 6.81. The van der Waals surface area contributed by atoms with Crippen molar-refractivity contribution >= 4 is 39.4 Å². The van der Waals surface area contributed by atoms with Crippen LogP contribution in [0.25, 0.3) is 0 Å². The maximum absolute atomic E-state index is 12.8. The monoisotopic (exact) mass is 442 g/mol. The number of rotatable bonds is 7. The number of carbonyl (C=O) groups is 3. The van der Waals surface area contributed by atoms with Crippen LogP contribution >= 0.6 is 11.3 Å². The van der Waals surface area contributed by atoms with Gasteiger partial charge in [0, 0.05) is 0 Å². The lowest BCUT2D eigenvalue weighted by Gasteiger charge is -2.08. The molecule has 11 heteroatoms. The topological polar surface area (TPSA) is 122 Å². The molecule has 1 aromatic carbocycles. The molecule has 1 aromatic heterocycles. The second-order valence-electron chi connectivity index (χ2n) is 5.64. The molecule has 0 saturated carbocycles. The van der Waals surface area contributed by atoms with Gasteiger partial charge < -0.3 is 18.4 Å². The molecule has 0 atom stereocenters. The Morgan fingerprint density at radius 1 is 0.931 bits per heavy atom. The zero-order chi connectivity index (χ0) is 21.8. The number of hydrogen-bond donors (Lipinski definition) is 0. The highest BCUT2D eigenvalue weighted by molar-refractivity contribution is 7.89. The quantitative estimate of drug-likeness (QED) is 0.360. The highest BCUT2D eigenvalue weighted by Gasteiger charge is 2.34. The van der Waals surface area contributed by atoms with Gasteiger partial charge in [-0.05, 0) is 30.2 Å². The Hall–Kier alpha value is -2.92. The Balaban J connectivity index is 2.41. The van der Waals surface area contributed by atoms with Crippen molar-refractivity contribution in [3.63, 3.8) is 0 Å². The smallest absolute Gasteiger partial charge is 0.349 e. The van der Waals surface area contributed by atoms with E-state index in [1.165, 1.54) is 38.3 Å². The normalized spacial score (nSPS) is 10.9. The molecule has 0 saturated heterocycles. The Morgan fingerprint density at radius 2 is 1.52 bits per heavy atom. The summed E-state index contributed by atoms with van der Waals surface area (Å²) in [6.07, 6.45) is 0.0165. The highest BCUT2D eigenvalue weighted by Crippen LogP contribution is 2.34. The third-order valence-electron chi connectivity index (χ3n) is 3.81. The van der Waals surface area contributed by atoms with Crippen molar-refractivity contribution < 1.29 is 41.2 Å². The van der Waals surface area contributed by atoms with Gasteiger partial charge in [-0.25, -0.2) is 9.59 Å². The lowest BCUT2D eigenvalue weighted by molar-refractivity contribution is -0.139. The molecule has 0 aliphatic heterocycles. The molecule has 156 valence electrons. The van der Waals surface area contributed by atoms with Crippen LogP contribution in [0.3, 0.4) is 0 Å². The molecule has 0 aliphatic carbocycles. The molecule has 0 unspecified atom stereocenters. The molecular formula is C18H18O9S2. The number of carbonyl (C=O) groups excluding carboxylic acids is 3. The molecule has 0 fully saturated rings. The summed E-state index contributed by atoms with van der Waals surface area (Å²) in [5.41, 5.74) is 0.418. The van der Waals surface area contributed by atoms with E-state index in [9.17, 15) is 22.8 Å². The van der Waals surface area contributed by atoms with Crippen LogP contribution in [0, 0.1) is 6.92 Å². The standard InChI is InChI=1S/C18H18O9S2/c1-10-14(16(20)25-3)18(28-15(10)17(21)26-4)29(22,23)27-12-7-5-11(6-8-12)9-13(19)24-2/h5-8H,9H2,1-4H3. The van der Waals surface area contributed by atoms with E-state index in [0.717, 1.165) is 14.2 Å². The number of hydrogen-bond acceptors (Lipinski definition) is 10. The summed E-state index contributed by atoms with van der Waals surface area (Å²) in [6.45, 7) is 1.41. The van der Waals surface area contributed by atoms with Gasteiger partial charge >= 0.3 is 28.0 Å². The first-order chi connectivity index (χ1) is 13.6. The maximum Gasteiger partial charge on any atom is 0.349 e. The number of benzene rings is 1. The van der Waals surface area contributed by atoms with E-state index in [4.69, 9.17) is 4.18 Å². The molecule has 29 heavy (non-hydrogen) atoms. The summed E-state index contributed by atoms with van der Waals surface area (Å²) in [5, 5.41) is 0. The molecule has 1 heterocycles. The van der Waals surface area contributed by atoms with Gasteiger partial charge in [-0.3, -0.25) is 4.79 Å². The number of ether oxygens (including phenoxy) is 3. The van der Waals surface area contributed by atoms with Crippen molar-refractivity contribution in [2.75, 3.05) is 21.3 Å². The zero-order valence-electron chi connectivity index (χ0n) is 16.0. The summed E-state index contributed by atoms with van der Waals surface area (Å²) in [4.78, 5) is 35.3. The fourth-order valence-electron chi connectivity index (χ4n) is 2.36. The minimum absolute atomic E-state index is 0.0165. The van der Waals surface area contributed by atoms with Crippen molar-refractivity contribution in [3.05, 3.63) is 45.8 Å². The van der Waals surface area contributed by atoms with Crippen LogP contribution in [0.1, 0.15) is 31.2 Å². The summed E-state index contributed by atoms with van der Waals surface area (Å²) in [5.74, 6) is -2.20. The van der Waals surface area contributed by atoms with Crippen molar-refractivity contribution in [1.29, 1.82) is 0 Å². The Bertz CT molecular complexity index is 1030. The third kappa shape index (κ3) is 4.93. The number of thiophene rings is 1. The fraction of sp³-hybridized carbons (Fsp3) is 0.278. The number of methoxy groups -OCH3 is 3. The van der Waals surface area contributed by atoms with Crippen LogP contribution in [0.2, 0.25) is 0 Å². The molecule has 0 aliphatic rings. The molecule has 0 N–H and O–H groups in total. The van der Waals surface area contributed by atoms with Crippen LogP contribution in [-0.2, 0) is 35.5 Å². The van der Waals surface area contributed by atoms with Gasteiger partial charge in [-0.1, -0.05) is 12.1 Å². The first kappa shape index (κ1) is 22.4. The second-order valence-corrected chi connectivity index (χ2v) is 8.40. The first-order valence-electron chi connectivity index (χ1n) is 8.04. The van der Waals surface area contributed by atoms with Gasteiger partial charge in [0.2, 0.25) is 0 Å². The van der Waals surface area contributed by atoms with Crippen LogP contribution in [0.5, 0.6) is 5.75 Å². The molecule has 2 aromatic rings. The summed E-state index contributed by atoms with van der Waals surface area (Å²) >= 11 is 0.554. The van der Waals surface area contributed by atoms with E-state index in [2.05, 4.69) is 14.2 Å². The van der Waals surface area contributed by atoms with Crippen molar-refractivity contribution in [3.8, 4) is 5.75 Å².